The van der Waals surface area contributed by atoms with Gasteiger partial charge in [-0.3, -0.25) is 0 Å². The summed E-state index contributed by atoms with van der Waals surface area (Å²) in [7, 11) is 2.10. The predicted molar refractivity (Wildman–Crippen MR) is 56.5 cm³/mol. The molecule has 2 atom stereocenters. The van der Waals surface area contributed by atoms with Crippen LogP contribution in [0.1, 0.15) is 19.8 Å². The quantitative estimate of drug-likeness (QED) is 0.254. The van der Waals surface area contributed by atoms with E-state index in [2.05, 4.69) is 22.4 Å². The van der Waals surface area contributed by atoms with Crippen LogP contribution in [0.4, 0.5) is 0 Å². The molecule has 0 saturated carbocycles. The van der Waals surface area contributed by atoms with Crippen LogP contribution in [0.3, 0.4) is 0 Å². The molecule has 1 rings (SSSR count). The zero-order chi connectivity index (χ0) is 10.6. The van der Waals surface area contributed by atoms with E-state index in [1.165, 1.54) is 0 Å². The average molecular weight is 200 g/mol. The molecule has 1 aliphatic rings. The molecule has 2 unspecified atom stereocenters. The molecular formula is C9H20N4O. The molecule has 0 bridgehead atoms. The Kier molecular flexibility index (Phi) is 4.16. The zero-order valence-electron chi connectivity index (χ0n) is 8.90. The highest BCUT2D eigenvalue weighted by Gasteiger charge is 2.23. The first-order valence-electron chi connectivity index (χ1n) is 5.09. The molecule has 5 nitrogen and oxygen atoms in total. The van der Waals surface area contributed by atoms with Crippen molar-refractivity contribution in [3.05, 3.63) is 0 Å². The largest absolute Gasteiger partial charge is 0.409 e. The number of nitrogens with two attached hydrogens (primary N) is 1. The van der Waals surface area contributed by atoms with Crippen LogP contribution in [0.15, 0.2) is 5.16 Å². The molecule has 0 aromatic heterocycles. The Morgan fingerprint density at radius 1 is 1.79 bits per heavy atom. The van der Waals surface area contributed by atoms with Crippen molar-refractivity contribution in [1.29, 1.82) is 0 Å². The summed E-state index contributed by atoms with van der Waals surface area (Å²) in [6.45, 7) is 4.17. The van der Waals surface area contributed by atoms with Crippen LogP contribution >= 0.6 is 0 Å². The maximum Gasteiger partial charge on any atom is 0.156 e. The van der Waals surface area contributed by atoms with Crippen molar-refractivity contribution in [3.63, 3.8) is 0 Å². The summed E-state index contributed by atoms with van der Waals surface area (Å²) in [5.41, 5.74) is 5.56. The lowest BCUT2D eigenvalue weighted by Crippen LogP contribution is -2.47. The van der Waals surface area contributed by atoms with E-state index >= 15 is 0 Å². The first-order valence-corrected chi connectivity index (χ1v) is 5.09. The van der Waals surface area contributed by atoms with Gasteiger partial charge in [0.2, 0.25) is 0 Å². The number of hydrogen-bond acceptors (Lipinski definition) is 4. The van der Waals surface area contributed by atoms with Gasteiger partial charge in [-0.25, -0.2) is 0 Å². The predicted octanol–water partition coefficient (Wildman–Crippen LogP) is -0.195. The molecule has 0 aliphatic carbocycles. The molecule has 1 saturated heterocycles. The van der Waals surface area contributed by atoms with Crippen LogP contribution in [-0.4, -0.2) is 48.2 Å². The van der Waals surface area contributed by atoms with Gasteiger partial charge >= 0.3 is 0 Å². The fraction of sp³-hybridized carbons (Fsp3) is 0.889. The van der Waals surface area contributed by atoms with Gasteiger partial charge < -0.3 is 21.2 Å². The minimum absolute atomic E-state index is 0.00324. The molecule has 1 aliphatic heterocycles. The minimum atomic E-state index is -0.00324. The third kappa shape index (κ3) is 2.85. The molecule has 14 heavy (non-hydrogen) atoms. The van der Waals surface area contributed by atoms with Crippen molar-refractivity contribution in [2.45, 2.75) is 31.8 Å². The van der Waals surface area contributed by atoms with Crippen molar-refractivity contribution >= 4 is 5.84 Å². The third-order valence-electron chi connectivity index (χ3n) is 2.71. The maximum absolute atomic E-state index is 8.57. The van der Waals surface area contributed by atoms with E-state index in [1.54, 1.807) is 0 Å². The first-order chi connectivity index (χ1) is 6.67. The Labute approximate surface area is 84.9 Å². The fourth-order valence-electron chi connectivity index (χ4n) is 1.84. The van der Waals surface area contributed by atoms with Gasteiger partial charge in [0.15, 0.2) is 5.84 Å². The second-order valence-corrected chi connectivity index (χ2v) is 3.90. The molecule has 4 N–H and O–H groups in total. The Morgan fingerprint density at radius 3 is 2.93 bits per heavy atom. The minimum Gasteiger partial charge on any atom is -0.409 e. The molecule has 82 valence electrons. The van der Waals surface area contributed by atoms with Crippen LogP contribution in [0, 0.1) is 0 Å². The van der Waals surface area contributed by atoms with Crippen LogP contribution < -0.4 is 11.1 Å². The van der Waals surface area contributed by atoms with Gasteiger partial charge in [0, 0.05) is 12.6 Å². The lowest BCUT2D eigenvalue weighted by atomic mass is 10.1. The average Bonchev–Trinajstić information content (AvgIpc) is 2.59. The number of likely N-dealkylation sites (N-methyl/N-ethyl adjacent to an activating group) is 1. The molecule has 5 heteroatoms. The van der Waals surface area contributed by atoms with Crippen molar-refractivity contribution in [1.82, 2.24) is 10.2 Å². The van der Waals surface area contributed by atoms with Gasteiger partial charge in [0.1, 0.15) is 0 Å². The van der Waals surface area contributed by atoms with Gasteiger partial charge in [0.05, 0.1) is 6.04 Å². The Hall–Kier alpha value is -0.810. The van der Waals surface area contributed by atoms with Crippen molar-refractivity contribution < 1.29 is 5.21 Å². The number of nitrogens with one attached hydrogen (secondary N) is 1. The van der Waals surface area contributed by atoms with Crippen LogP contribution in [0.5, 0.6) is 0 Å². The van der Waals surface area contributed by atoms with Crippen LogP contribution in [0.2, 0.25) is 0 Å². The summed E-state index contributed by atoms with van der Waals surface area (Å²) in [5.74, 6) is 0.280. The molecule has 1 fully saturated rings. The molecular weight excluding hydrogens is 180 g/mol. The second kappa shape index (κ2) is 5.17. The summed E-state index contributed by atoms with van der Waals surface area (Å²) in [6.07, 6.45) is 1.97. The van der Waals surface area contributed by atoms with Crippen molar-refractivity contribution in [3.8, 4) is 0 Å². The second-order valence-electron chi connectivity index (χ2n) is 3.90. The van der Waals surface area contributed by atoms with E-state index < -0.39 is 0 Å². The first kappa shape index (κ1) is 11.3. The molecule has 0 aromatic rings. The summed E-state index contributed by atoms with van der Waals surface area (Å²) in [4.78, 5) is 2.27. The van der Waals surface area contributed by atoms with E-state index in [-0.39, 0.29) is 11.9 Å². The van der Waals surface area contributed by atoms with Gasteiger partial charge in [-0.05, 0) is 26.4 Å². The summed E-state index contributed by atoms with van der Waals surface area (Å²) < 4.78 is 0. The van der Waals surface area contributed by atoms with E-state index in [4.69, 9.17) is 10.9 Å². The molecule has 0 radical (unpaired) electrons. The summed E-state index contributed by atoms with van der Waals surface area (Å²) in [5, 5.41) is 15.0. The lowest BCUT2D eigenvalue weighted by Gasteiger charge is -2.20. The van der Waals surface area contributed by atoms with Crippen LogP contribution in [0.25, 0.3) is 0 Å². The van der Waals surface area contributed by atoms with E-state index in [9.17, 15) is 0 Å². The highest BCUT2D eigenvalue weighted by Crippen LogP contribution is 2.07. The summed E-state index contributed by atoms with van der Waals surface area (Å²) >= 11 is 0. The van der Waals surface area contributed by atoms with Gasteiger partial charge in [-0.15, -0.1) is 0 Å². The highest BCUT2D eigenvalue weighted by atomic mass is 16.4. The number of rotatable bonds is 4. The van der Waals surface area contributed by atoms with Crippen molar-refractivity contribution in [2.75, 3.05) is 20.1 Å². The van der Waals surface area contributed by atoms with Gasteiger partial charge in [0.25, 0.3) is 0 Å². The van der Waals surface area contributed by atoms with E-state index in [0.29, 0.717) is 6.04 Å². The van der Waals surface area contributed by atoms with E-state index in [0.717, 1.165) is 25.9 Å². The third-order valence-corrected chi connectivity index (χ3v) is 2.71. The molecule has 0 amide bonds. The number of nitrogens with zero attached hydrogens (tertiary/aromatic N) is 2. The van der Waals surface area contributed by atoms with Crippen LogP contribution in [-0.2, 0) is 0 Å². The highest BCUT2D eigenvalue weighted by molar-refractivity contribution is 5.85. The number of hydrogen-bond donors (Lipinski definition) is 3. The van der Waals surface area contributed by atoms with Crippen molar-refractivity contribution in [2.24, 2.45) is 10.9 Å². The zero-order valence-corrected chi connectivity index (χ0v) is 8.90. The lowest BCUT2D eigenvalue weighted by molar-refractivity contribution is 0.312. The molecule has 1 heterocycles. The Morgan fingerprint density at radius 2 is 2.50 bits per heavy atom. The standard InChI is InChI=1S/C9H20N4O/c1-3-8(9(10)12-14)11-7-4-5-13(2)6-7/h7-8,11,14H,3-6H2,1-2H3,(H2,10,12). The Bertz CT molecular complexity index is 207. The van der Waals surface area contributed by atoms with Gasteiger partial charge in [-0.1, -0.05) is 12.1 Å². The van der Waals surface area contributed by atoms with E-state index in [1.807, 2.05) is 6.92 Å². The van der Waals surface area contributed by atoms with Gasteiger partial charge in [-0.2, -0.15) is 0 Å². The molecule has 0 spiro atoms. The molecule has 0 aromatic carbocycles. The number of likely N-dealkylation sites (tertiary alicyclic amines) is 1. The number of amidine groups is 1. The smallest absolute Gasteiger partial charge is 0.156 e. The fourth-order valence-corrected chi connectivity index (χ4v) is 1.84. The SMILES string of the molecule is CCC(NC1CCN(C)C1)C(N)=NO. The monoisotopic (exact) mass is 200 g/mol. The number of oxime groups is 1. The maximum atomic E-state index is 8.57. The topological polar surface area (TPSA) is 73.9 Å². The normalized spacial score (nSPS) is 26.7. The summed E-state index contributed by atoms with van der Waals surface area (Å²) in [6, 6.07) is 0.460. The Balaban J connectivity index is 2.41.